The van der Waals surface area contributed by atoms with Crippen LogP contribution in [-0.2, 0) is 4.65 Å². The number of furan rings is 1. The monoisotopic (exact) mass is 294 g/mol. The maximum Gasteiger partial charge on any atom is 0.502 e. The van der Waals surface area contributed by atoms with E-state index in [-0.39, 0.29) is 0 Å². The van der Waals surface area contributed by atoms with Crippen molar-refractivity contribution >= 4 is 23.2 Å². The highest BCUT2D eigenvalue weighted by Crippen LogP contribution is 2.26. The second kappa shape index (κ2) is 5.37. The molecule has 4 nitrogen and oxygen atoms in total. The molecule has 0 fully saturated rings. The third-order valence-electron chi connectivity index (χ3n) is 3.55. The lowest BCUT2D eigenvalue weighted by Crippen LogP contribution is -2.52. The van der Waals surface area contributed by atoms with E-state index < -0.39 is 18.3 Å². The predicted molar refractivity (Wildman–Crippen MR) is 81.1 cm³/mol. The molecular weight excluding hydrogens is 275 g/mol. The molecule has 0 bridgehead atoms. The van der Waals surface area contributed by atoms with E-state index >= 15 is 0 Å². The predicted octanol–water partition coefficient (Wildman–Crippen LogP) is 2.26. The van der Waals surface area contributed by atoms with Crippen molar-refractivity contribution in [2.24, 2.45) is 0 Å². The molecule has 0 radical (unpaired) electrons. The molecule has 0 spiro atoms. The van der Waals surface area contributed by atoms with Crippen LogP contribution in [0.5, 0.6) is 0 Å². The minimum absolute atomic E-state index is 0.675. The first-order valence-corrected chi connectivity index (χ1v) is 7.29. The summed E-state index contributed by atoms with van der Waals surface area (Å²) in [5.74, 6) is 0.751. The van der Waals surface area contributed by atoms with Crippen LogP contribution in [0.1, 0.15) is 27.7 Å². The molecule has 0 aliphatic rings. The van der Waals surface area contributed by atoms with E-state index in [1.807, 2.05) is 23.6 Å². The van der Waals surface area contributed by atoms with Crippen molar-refractivity contribution < 1.29 is 19.2 Å². The Morgan fingerprint density at radius 2 is 2.00 bits per heavy atom. The smallest absolute Gasteiger partial charge is 0.464 e. The van der Waals surface area contributed by atoms with Crippen LogP contribution in [0.25, 0.3) is 11.3 Å². The summed E-state index contributed by atoms with van der Waals surface area (Å²) in [5.41, 5.74) is -1.03. The summed E-state index contributed by atoms with van der Waals surface area (Å²) in [6.45, 7) is 6.80. The molecule has 2 aromatic rings. The van der Waals surface area contributed by atoms with Gasteiger partial charge < -0.3 is 19.2 Å². The fraction of sp³-hybridized carbons (Fsp3) is 0.429. The van der Waals surface area contributed by atoms with Gasteiger partial charge in [-0.05, 0) is 45.9 Å². The minimum atomic E-state index is -1.08. The molecule has 20 heavy (non-hydrogen) atoms. The molecule has 0 aliphatic heterocycles. The first kappa shape index (κ1) is 15.3. The van der Waals surface area contributed by atoms with Crippen molar-refractivity contribution in [2.75, 3.05) is 0 Å². The average molecular weight is 294 g/mol. The van der Waals surface area contributed by atoms with Crippen LogP contribution in [0.3, 0.4) is 0 Å². The van der Waals surface area contributed by atoms with Crippen LogP contribution in [0.2, 0.25) is 0 Å². The van der Waals surface area contributed by atoms with Gasteiger partial charge in [0.1, 0.15) is 5.76 Å². The van der Waals surface area contributed by atoms with E-state index in [2.05, 4.69) is 0 Å². The molecule has 2 aromatic heterocycles. The molecule has 0 unspecified atom stereocenters. The molecule has 6 heteroatoms. The second-order valence-electron chi connectivity index (χ2n) is 5.75. The Bertz CT molecular complexity index is 554. The summed E-state index contributed by atoms with van der Waals surface area (Å²) in [6, 6.07) is 5.51. The lowest BCUT2D eigenvalue weighted by atomic mass is 9.82. The first-order valence-electron chi connectivity index (χ1n) is 6.41. The Kier molecular flexibility index (Phi) is 4.11. The molecule has 0 saturated carbocycles. The number of aliphatic hydroxyl groups is 1. The number of hydrogen-bond acceptors (Lipinski definition) is 5. The zero-order chi connectivity index (χ0) is 15.0. The molecule has 2 rings (SSSR count). The highest BCUT2D eigenvalue weighted by molar-refractivity contribution is 7.21. The molecule has 0 saturated heterocycles. The Morgan fingerprint density at radius 1 is 1.30 bits per heavy atom. The fourth-order valence-corrected chi connectivity index (χ4v) is 2.34. The van der Waals surface area contributed by atoms with E-state index in [4.69, 9.17) is 9.07 Å². The zero-order valence-corrected chi connectivity index (χ0v) is 12.9. The van der Waals surface area contributed by atoms with Gasteiger partial charge in [-0.15, -0.1) is 0 Å². The largest absolute Gasteiger partial charge is 0.502 e. The summed E-state index contributed by atoms with van der Waals surface area (Å²) in [6.07, 6.45) is 1.61. The van der Waals surface area contributed by atoms with E-state index in [1.54, 1.807) is 34.0 Å². The standard InChI is InChI=1S/C14H19BO4S/c1-13(2,16)14(3,4)19-15(17)12-8-10(9-20-12)11-6-5-7-18-11/h5-9,16-17H,1-4H3. The van der Waals surface area contributed by atoms with Gasteiger partial charge in [-0.25, -0.2) is 0 Å². The fourth-order valence-electron chi connectivity index (χ4n) is 1.54. The summed E-state index contributed by atoms with van der Waals surface area (Å²) in [4.78, 5) is 0. The van der Waals surface area contributed by atoms with Crippen LogP contribution in [0.15, 0.2) is 34.3 Å². The van der Waals surface area contributed by atoms with Gasteiger partial charge in [-0.2, -0.15) is 11.3 Å². The van der Waals surface area contributed by atoms with E-state index in [1.165, 1.54) is 11.3 Å². The van der Waals surface area contributed by atoms with Crippen LogP contribution >= 0.6 is 11.3 Å². The number of thiophene rings is 1. The van der Waals surface area contributed by atoms with Gasteiger partial charge in [0.15, 0.2) is 0 Å². The first-order chi connectivity index (χ1) is 9.21. The van der Waals surface area contributed by atoms with Crippen molar-refractivity contribution in [3.8, 4) is 11.3 Å². The van der Waals surface area contributed by atoms with Crippen LogP contribution in [0.4, 0.5) is 0 Å². The highest BCUT2D eigenvalue weighted by Gasteiger charge is 2.39. The van der Waals surface area contributed by atoms with Crippen molar-refractivity contribution in [3.63, 3.8) is 0 Å². The summed E-state index contributed by atoms with van der Waals surface area (Å²) in [5, 5.41) is 22.1. The molecule has 0 aromatic carbocycles. The van der Waals surface area contributed by atoms with Crippen molar-refractivity contribution in [1.82, 2.24) is 0 Å². The minimum Gasteiger partial charge on any atom is -0.464 e. The summed E-state index contributed by atoms with van der Waals surface area (Å²) in [7, 11) is -1.08. The van der Waals surface area contributed by atoms with Crippen molar-refractivity contribution in [1.29, 1.82) is 0 Å². The Hall–Kier alpha value is -1.08. The van der Waals surface area contributed by atoms with Crippen LogP contribution < -0.4 is 4.78 Å². The summed E-state index contributed by atoms with van der Waals surface area (Å²) >= 11 is 1.39. The Morgan fingerprint density at radius 3 is 2.55 bits per heavy atom. The quantitative estimate of drug-likeness (QED) is 0.830. The molecule has 2 heterocycles. The van der Waals surface area contributed by atoms with Gasteiger partial charge in [0.2, 0.25) is 0 Å². The van der Waals surface area contributed by atoms with Gasteiger partial charge in [0.25, 0.3) is 0 Å². The molecule has 108 valence electrons. The molecule has 2 N–H and O–H groups in total. The maximum absolute atomic E-state index is 10.2. The van der Waals surface area contributed by atoms with Crippen LogP contribution in [0, 0.1) is 0 Å². The third-order valence-corrected chi connectivity index (χ3v) is 4.51. The summed E-state index contributed by atoms with van der Waals surface area (Å²) < 4.78 is 11.6. The molecular formula is C14H19BO4S. The maximum atomic E-state index is 10.2. The van der Waals surface area contributed by atoms with Gasteiger partial charge in [0.05, 0.1) is 17.5 Å². The third kappa shape index (κ3) is 3.15. The highest BCUT2D eigenvalue weighted by atomic mass is 32.1. The van der Waals surface area contributed by atoms with Crippen molar-refractivity contribution in [2.45, 2.75) is 38.9 Å². The topological polar surface area (TPSA) is 62.8 Å². The lowest BCUT2D eigenvalue weighted by Gasteiger charge is -2.38. The van der Waals surface area contributed by atoms with Crippen molar-refractivity contribution in [3.05, 3.63) is 29.8 Å². The average Bonchev–Trinajstić information content (AvgIpc) is 2.98. The SMILES string of the molecule is CC(C)(O)C(C)(C)OB(O)c1cc(-c2ccco2)cs1. The molecule has 0 atom stereocenters. The number of rotatable bonds is 5. The zero-order valence-electron chi connectivity index (χ0n) is 12.1. The number of hydrogen-bond donors (Lipinski definition) is 2. The lowest BCUT2D eigenvalue weighted by molar-refractivity contribution is -0.0981. The molecule has 0 aliphatic carbocycles. The van der Waals surface area contributed by atoms with Gasteiger partial charge in [-0.1, -0.05) is 0 Å². The Labute approximate surface area is 123 Å². The van der Waals surface area contributed by atoms with E-state index in [0.29, 0.717) is 4.78 Å². The van der Waals surface area contributed by atoms with E-state index in [0.717, 1.165) is 11.3 Å². The molecule has 0 amide bonds. The van der Waals surface area contributed by atoms with Crippen LogP contribution in [-0.4, -0.2) is 28.5 Å². The van der Waals surface area contributed by atoms with Gasteiger partial charge in [0, 0.05) is 15.7 Å². The van der Waals surface area contributed by atoms with Gasteiger partial charge >= 0.3 is 7.12 Å². The second-order valence-corrected chi connectivity index (χ2v) is 6.70. The normalized spacial score (nSPS) is 12.7. The Balaban J connectivity index is 2.13. The van der Waals surface area contributed by atoms with Gasteiger partial charge in [-0.3, -0.25) is 0 Å². The van der Waals surface area contributed by atoms with E-state index in [9.17, 15) is 10.1 Å².